The van der Waals surface area contributed by atoms with Crippen molar-refractivity contribution in [2.24, 2.45) is 0 Å². The molecule has 270 valence electrons. The van der Waals surface area contributed by atoms with Crippen molar-refractivity contribution in [1.29, 1.82) is 0 Å². The number of para-hydroxylation sites is 3. The van der Waals surface area contributed by atoms with Gasteiger partial charge in [-0.05, 0) is 60.7 Å². The Hall–Kier alpha value is -7.47. The molecule has 5 heteroatoms. The number of aromatic nitrogens is 4. The molecule has 8 aromatic carbocycles. The van der Waals surface area contributed by atoms with E-state index in [1.165, 1.54) is 47.2 Å². The molecule has 12 aromatic rings. The summed E-state index contributed by atoms with van der Waals surface area (Å²) in [5.41, 5.74) is 11.5. The maximum Gasteiger partial charge on any atom is 0.160 e. The molecule has 0 spiro atoms. The van der Waals surface area contributed by atoms with Crippen LogP contribution in [0.2, 0.25) is 0 Å². The van der Waals surface area contributed by atoms with Crippen molar-refractivity contribution in [2.45, 2.75) is 0 Å². The fourth-order valence-corrected chi connectivity index (χ4v) is 9.94. The highest BCUT2D eigenvalue weighted by molar-refractivity contribution is 7.26. The number of hydrogen-bond donors (Lipinski definition) is 0. The quantitative estimate of drug-likeness (QED) is 0.164. The average molecular weight is 757 g/mol. The minimum absolute atomic E-state index is 0.700. The predicted octanol–water partition coefficient (Wildman–Crippen LogP) is 14.3. The highest BCUT2D eigenvalue weighted by Crippen LogP contribution is 2.44. The highest BCUT2D eigenvalue weighted by Gasteiger charge is 2.19. The summed E-state index contributed by atoms with van der Waals surface area (Å²) in [6.45, 7) is 0. The summed E-state index contributed by atoms with van der Waals surface area (Å²) in [6.07, 6.45) is 0. The number of benzene rings is 8. The van der Waals surface area contributed by atoms with Crippen LogP contribution in [-0.4, -0.2) is 19.5 Å². The Morgan fingerprint density at radius 2 is 1.00 bits per heavy atom. The molecule has 0 amide bonds. The lowest BCUT2D eigenvalue weighted by Gasteiger charge is -2.11. The predicted molar refractivity (Wildman–Crippen MR) is 244 cm³/mol. The lowest BCUT2D eigenvalue weighted by molar-refractivity contribution is 1.18. The largest absolute Gasteiger partial charge is 0.309 e. The Morgan fingerprint density at radius 3 is 1.81 bits per heavy atom. The number of pyridine rings is 1. The maximum absolute atomic E-state index is 5.34. The lowest BCUT2D eigenvalue weighted by atomic mass is 9.98. The van der Waals surface area contributed by atoms with Gasteiger partial charge in [0.15, 0.2) is 5.82 Å². The van der Waals surface area contributed by atoms with Crippen LogP contribution < -0.4 is 0 Å². The van der Waals surface area contributed by atoms with Gasteiger partial charge in [0.25, 0.3) is 0 Å². The van der Waals surface area contributed by atoms with E-state index >= 15 is 0 Å². The second-order valence-electron chi connectivity index (χ2n) is 14.8. The third kappa shape index (κ3) is 5.18. The summed E-state index contributed by atoms with van der Waals surface area (Å²) in [5.74, 6) is 0.700. The third-order valence-corrected chi connectivity index (χ3v) is 12.6. The zero-order chi connectivity index (χ0) is 38.2. The van der Waals surface area contributed by atoms with E-state index in [4.69, 9.17) is 15.0 Å². The first-order chi connectivity index (χ1) is 28.7. The topological polar surface area (TPSA) is 43.6 Å². The van der Waals surface area contributed by atoms with Gasteiger partial charge in [-0.25, -0.2) is 15.0 Å². The van der Waals surface area contributed by atoms with Crippen molar-refractivity contribution in [2.75, 3.05) is 0 Å². The van der Waals surface area contributed by atoms with E-state index < -0.39 is 0 Å². The molecular formula is C53H32N4S. The first-order valence-corrected chi connectivity index (χ1v) is 20.3. The molecule has 4 aromatic heterocycles. The summed E-state index contributed by atoms with van der Waals surface area (Å²) in [6, 6.07) is 68.8. The van der Waals surface area contributed by atoms with Crippen LogP contribution in [-0.2, 0) is 0 Å². The van der Waals surface area contributed by atoms with Crippen LogP contribution in [0.1, 0.15) is 0 Å². The van der Waals surface area contributed by atoms with Gasteiger partial charge in [0.2, 0.25) is 0 Å². The van der Waals surface area contributed by atoms with Gasteiger partial charge in [0, 0.05) is 75.0 Å². The monoisotopic (exact) mass is 756 g/mol. The van der Waals surface area contributed by atoms with Crippen molar-refractivity contribution in [3.05, 3.63) is 194 Å². The standard InChI is InChI=1S/C53H32N4S/c1-4-14-33(15-5-1)45-32-46(35-24-28-48-42(30-35)38-20-11-13-23-47(38)57(48)37-18-8-3-9-19-37)56-53(55-45)36-25-29-49-43(31-36)39-26-27-41-50(52(39)58-49)40-21-10-12-22-44(40)54-51(41)34-16-6-2-7-17-34/h1-32H. The first kappa shape index (κ1) is 32.7. The van der Waals surface area contributed by atoms with Crippen LogP contribution in [0.25, 0.3) is 115 Å². The second-order valence-corrected chi connectivity index (χ2v) is 15.8. The van der Waals surface area contributed by atoms with E-state index in [9.17, 15) is 0 Å². The Balaban J connectivity index is 1.06. The molecule has 0 aliphatic heterocycles. The zero-order valence-electron chi connectivity index (χ0n) is 31.2. The lowest BCUT2D eigenvalue weighted by Crippen LogP contribution is -1.96. The fourth-order valence-electron chi connectivity index (χ4n) is 8.69. The molecule has 12 rings (SSSR count). The minimum Gasteiger partial charge on any atom is -0.309 e. The van der Waals surface area contributed by atoms with Crippen molar-refractivity contribution in [3.63, 3.8) is 0 Å². The maximum atomic E-state index is 5.34. The van der Waals surface area contributed by atoms with E-state index in [0.29, 0.717) is 5.82 Å². The van der Waals surface area contributed by atoms with Gasteiger partial charge in [0.05, 0.1) is 33.6 Å². The molecular weight excluding hydrogens is 725 g/mol. The van der Waals surface area contributed by atoms with Gasteiger partial charge < -0.3 is 4.57 Å². The Kier molecular flexibility index (Phi) is 7.37. The third-order valence-electron chi connectivity index (χ3n) is 11.4. The summed E-state index contributed by atoms with van der Waals surface area (Å²) < 4.78 is 4.84. The average Bonchev–Trinajstić information content (AvgIpc) is 3.84. The van der Waals surface area contributed by atoms with Crippen molar-refractivity contribution >= 4 is 75.0 Å². The number of fused-ring (bicyclic) bond motifs is 10. The Bertz CT molecular complexity index is 3550. The minimum atomic E-state index is 0.700. The smallest absolute Gasteiger partial charge is 0.160 e. The van der Waals surface area contributed by atoms with Gasteiger partial charge in [-0.3, -0.25) is 0 Å². The normalized spacial score (nSPS) is 11.8. The van der Waals surface area contributed by atoms with E-state index in [2.05, 4.69) is 193 Å². The van der Waals surface area contributed by atoms with Gasteiger partial charge in [-0.1, -0.05) is 133 Å². The molecule has 0 fully saturated rings. The molecule has 0 radical (unpaired) electrons. The first-order valence-electron chi connectivity index (χ1n) is 19.5. The van der Waals surface area contributed by atoms with Gasteiger partial charge in [-0.2, -0.15) is 0 Å². The van der Waals surface area contributed by atoms with Crippen LogP contribution in [0.3, 0.4) is 0 Å². The summed E-state index contributed by atoms with van der Waals surface area (Å²) in [7, 11) is 0. The molecule has 0 aliphatic rings. The van der Waals surface area contributed by atoms with E-state index in [-0.39, 0.29) is 0 Å². The number of nitrogens with zero attached hydrogens (tertiary/aromatic N) is 4. The van der Waals surface area contributed by atoms with Crippen molar-refractivity contribution in [3.8, 4) is 50.8 Å². The molecule has 0 unspecified atom stereocenters. The van der Waals surface area contributed by atoms with E-state index in [1.807, 2.05) is 17.4 Å². The molecule has 0 atom stereocenters. The summed E-state index contributed by atoms with van der Waals surface area (Å²) in [4.78, 5) is 15.8. The van der Waals surface area contributed by atoms with Crippen LogP contribution in [0.4, 0.5) is 0 Å². The van der Waals surface area contributed by atoms with Gasteiger partial charge in [-0.15, -0.1) is 11.3 Å². The van der Waals surface area contributed by atoms with Crippen LogP contribution in [0, 0.1) is 0 Å². The molecule has 0 aliphatic carbocycles. The second kappa shape index (κ2) is 13.1. The molecule has 58 heavy (non-hydrogen) atoms. The van der Waals surface area contributed by atoms with Crippen LogP contribution >= 0.6 is 11.3 Å². The van der Waals surface area contributed by atoms with Gasteiger partial charge in [0.1, 0.15) is 0 Å². The van der Waals surface area contributed by atoms with Gasteiger partial charge >= 0.3 is 0 Å². The fraction of sp³-hybridized carbons (Fsp3) is 0. The van der Waals surface area contributed by atoms with Crippen LogP contribution in [0.5, 0.6) is 0 Å². The van der Waals surface area contributed by atoms with Crippen molar-refractivity contribution < 1.29 is 0 Å². The van der Waals surface area contributed by atoms with Crippen LogP contribution in [0.15, 0.2) is 194 Å². The Labute approximate surface area is 338 Å². The molecule has 0 bridgehead atoms. The molecule has 0 N–H and O–H groups in total. The molecule has 4 heterocycles. The highest BCUT2D eigenvalue weighted by atomic mass is 32.1. The SMILES string of the molecule is c1ccc(-c2cc(-c3ccc4c(c3)c3ccccc3n4-c3ccccc3)nc(-c3ccc4sc5c(ccc6c(-c7ccccc7)nc7ccccc7c65)c4c3)n2)cc1. The van der Waals surface area contributed by atoms with E-state index in [0.717, 1.165) is 61.4 Å². The summed E-state index contributed by atoms with van der Waals surface area (Å²) >= 11 is 1.85. The zero-order valence-corrected chi connectivity index (χ0v) is 32.0. The number of rotatable bonds is 5. The molecule has 0 saturated heterocycles. The number of hydrogen-bond acceptors (Lipinski definition) is 4. The van der Waals surface area contributed by atoms with E-state index in [1.54, 1.807) is 0 Å². The Morgan fingerprint density at radius 1 is 0.379 bits per heavy atom. The molecule has 4 nitrogen and oxygen atoms in total. The summed E-state index contributed by atoms with van der Waals surface area (Å²) in [5, 5.41) is 8.41. The van der Waals surface area contributed by atoms with Crippen molar-refractivity contribution in [1.82, 2.24) is 19.5 Å². The number of thiophene rings is 1. The molecule has 0 saturated carbocycles.